The molecule has 0 saturated carbocycles. The summed E-state index contributed by atoms with van der Waals surface area (Å²) in [6, 6.07) is 15.0. The van der Waals surface area contributed by atoms with Crippen molar-refractivity contribution in [2.24, 2.45) is 5.92 Å². The summed E-state index contributed by atoms with van der Waals surface area (Å²) in [6.45, 7) is 2.61. The van der Waals surface area contributed by atoms with E-state index in [1.54, 1.807) is 61.5 Å². The van der Waals surface area contributed by atoms with Crippen molar-refractivity contribution in [3.05, 3.63) is 54.6 Å². The van der Waals surface area contributed by atoms with Crippen molar-refractivity contribution in [2.75, 3.05) is 30.3 Å². The zero-order valence-corrected chi connectivity index (χ0v) is 17.5. The average molecular weight is 432 g/mol. The Bertz CT molecular complexity index is 969. The van der Waals surface area contributed by atoms with E-state index in [9.17, 15) is 18.0 Å². The van der Waals surface area contributed by atoms with Crippen LogP contribution < -0.4 is 10.6 Å². The third-order valence-corrected chi connectivity index (χ3v) is 6.79. The highest BCUT2D eigenvalue weighted by atomic mass is 32.2. The Hall–Kier alpha value is -2.91. The van der Waals surface area contributed by atoms with E-state index in [1.807, 2.05) is 0 Å². The molecule has 2 aromatic rings. The van der Waals surface area contributed by atoms with Crippen molar-refractivity contribution < 1.29 is 22.7 Å². The molecule has 3 rings (SSSR count). The van der Waals surface area contributed by atoms with E-state index in [0.29, 0.717) is 37.3 Å². The van der Waals surface area contributed by atoms with Crippen LogP contribution in [0.3, 0.4) is 0 Å². The highest BCUT2D eigenvalue weighted by Crippen LogP contribution is 2.25. The van der Waals surface area contributed by atoms with Gasteiger partial charge in [0.25, 0.3) is 0 Å². The Morgan fingerprint density at radius 3 is 2.10 bits per heavy atom. The standard InChI is InChI=1S/C21H25N3O5S/c1-2-29-21(26)23-18-10-8-17(9-11-18)22-20(25)16-12-14-24(15-13-16)30(27,28)19-6-4-3-5-7-19/h3-11,16H,2,12-15H2,1H3,(H,22,25)(H,23,26). The maximum Gasteiger partial charge on any atom is 0.411 e. The molecule has 2 N–H and O–H groups in total. The van der Waals surface area contributed by atoms with E-state index >= 15 is 0 Å². The van der Waals surface area contributed by atoms with Crippen LogP contribution in [0.25, 0.3) is 0 Å². The molecule has 0 aromatic heterocycles. The molecule has 9 heteroatoms. The fraction of sp³-hybridized carbons (Fsp3) is 0.333. The first-order chi connectivity index (χ1) is 14.4. The fourth-order valence-electron chi connectivity index (χ4n) is 3.27. The van der Waals surface area contributed by atoms with Crippen LogP contribution in [-0.4, -0.2) is 44.4 Å². The van der Waals surface area contributed by atoms with Gasteiger partial charge in [0.1, 0.15) is 0 Å². The minimum absolute atomic E-state index is 0.141. The number of carbonyl (C=O) groups excluding carboxylic acids is 2. The maximum absolute atomic E-state index is 12.7. The molecule has 0 bridgehead atoms. The molecule has 1 saturated heterocycles. The van der Waals surface area contributed by atoms with E-state index in [1.165, 1.54) is 4.31 Å². The van der Waals surface area contributed by atoms with Crippen molar-refractivity contribution in [2.45, 2.75) is 24.7 Å². The first kappa shape index (κ1) is 21.8. The van der Waals surface area contributed by atoms with Crippen LogP contribution in [0.1, 0.15) is 19.8 Å². The van der Waals surface area contributed by atoms with Gasteiger partial charge in [-0.3, -0.25) is 10.1 Å². The highest BCUT2D eigenvalue weighted by molar-refractivity contribution is 7.89. The molecule has 1 aliphatic heterocycles. The van der Waals surface area contributed by atoms with Crippen molar-refractivity contribution in [3.8, 4) is 0 Å². The second-order valence-corrected chi connectivity index (χ2v) is 8.84. The molecular formula is C21H25N3O5S. The molecule has 0 spiro atoms. The van der Waals surface area contributed by atoms with Crippen LogP contribution >= 0.6 is 0 Å². The van der Waals surface area contributed by atoms with Crippen molar-refractivity contribution in [1.29, 1.82) is 0 Å². The summed E-state index contributed by atoms with van der Waals surface area (Å²) in [5.74, 6) is -0.401. The molecule has 8 nitrogen and oxygen atoms in total. The van der Waals surface area contributed by atoms with E-state index in [-0.39, 0.29) is 23.3 Å². The number of piperidine rings is 1. The molecular weight excluding hydrogens is 406 g/mol. The summed E-state index contributed by atoms with van der Waals surface area (Å²) in [6.07, 6.45) is 0.382. The number of ether oxygens (including phenoxy) is 1. The average Bonchev–Trinajstić information content (AvgIpc) is 2.76. The zero-order chi connectivity index (χ0) is 21.6. The van der Waals surface area contributed by atoms with Crippen molar-refractivity contribution >= 4 is 33.4 Å². The van der Waals surface area contributed by atoms with E-state index < -0.39 is 16.1 Å². The number of anilines is 2. The second-order valence-electron chi connectivity index (χ2n) is 6.90. The summed E-state index contributed by atoms with van der Waals surface area (Å²) in [4.78, 5) is 24.3. The minimum Gasteiger partial charge on any atom is -0.450 e. The Morgan fingerprint density at radius 1 is 0.967 bits per heavy atom. The number of nitrogens with zero attached hydrogens (tertiary/aromatic N) is 1. The van der Waals surface area contributed by atoms with E-state index in [0.717, 1.165) is 0 Å². The molecule has 2 aromatic carbocycles. The number of amides is 2. The lowest BCUT2D eigenvalue weighted by Crippen LogP contribution is -2.41. The van der Waals surface area contributed by atoms with Crippen LogP contribution in [-0.2, 0) is 19.6 Å². The van der Waals surface area contributed by atoms with Gasteiger partial charge in [0.15, 0.2) is 0 Å². The van der Waals surface area contributed by atoms with Gasteiger partial charge in [-0.1, -0.05) is 18.2 Å². The molecule has 1 heterocycles. The highest BCUT2D eigenvalue weighted by Gasteiger charge is 2.32. The van der Waals surface area contributed by atoms with Gasteiger partial charge < -0.3 is 10.1 Å². The van der Waals surface area contributed by atoms with Gasteiger partial charge in [-0.25, -0.2) is 13.2 Å². The SMILES string of the molecule is CCOC(=O)Nc1ccc(NC(=O)C2CCN(S(=O)(=O)c3ccccc3)CC2)cc1. The zero-order valence-electron chi connectivity index (χ0n) is 16.7. The third kappa shape index (κ3) is 5.37. The lowest BCUT2D eigenvalue weighted by atomic mass is 9.97. The minimum atomic E-state index is -3.53. The van der Waals surface area contributed by atoms with E-state index in [4.69, 9.17) is 4.74 Å². The van der Waals surface area contributed by atoms with Crippen LogP contribution in [0.4, 0.5) is 16.2 Å². The molecule has 30 heavy (non-hydrogen) atoms. The Morgan fingerprint density at radius 2 is 1.53 bits per heavy atom. The van der Waals surface area contributed by atoms with E-state index in [2.05, 4.69) is 10.6 Å². The van der Waals surface area contributed by atoms with Gasteiger partial charge in [0.2, 0.25) is 15.9 Å². The van der Waals surface area contributed by atoms with Gasteiger partial charge in [0, 0.05) is 30.4 Å². The number of hydrogen-bond acceptors (Lipinski definition) is 5. The Balaban J connectivity index is 1.52. The van der Waals surface area contributed by atoms with Gasteiger partial charge in [-0.05, 0) is 56.2 Å². The molecule has 160 valence electrons. The van der Waals surface area contributed by atoms with Crippen LogP contribution in [0.5, 0.6) is 0 Å². The molecule has 1 aliphatic rings. The summed E-state index contributed by atoms with van der Waals surface area (Å²) in [5, 5.41) is 5.43. The third-order valence-electron chi connectivity index (χ3n) is 4.88. The first-order valence-corrected chi connectivity index (χ1v) is 11.2. The summed E-state index contributed by atoms with van der Waals surface area (Å²) in [5.41, 5.74) is 1.17. The van der Waals surface area contributed by atoms with Gasteiger partial charge >= 0.3 is 6.09 Å². The number of sulfonamides is 1. The van der Waals surface area contributed by atoms with Gasteiger partial charge in [-0.2, -0.15) is 4.31 Å². The van der Waals surface area contributed by atoms with Crippen LogP contribution in [0.2, 0.25) is 0 Å². The lowest BCUT2D eigenvalue weighted by molar-refractivity contribution is -0.120. The molecule has 2 amide bonds. The van der Waals surface area contributed by atoms with Crippen LogP contribution in [0.15, 0.2) is 59.5 Å². The number of nitrogens with one attached hydrogen (secondary N) is 2. The maximum atomic E-state index is 12.7. The van der Waals surface area contributed by atoms with Gasteiger partial charge in [-0.15, -0.1) is 0 Å². The number of hydrogen-bond donors (Lipinski definition) is 2. The second kappa shape index (κ2) is 9.73. The Kier molecular flexibility index (Phi) is 7.07. The molecule has 0 unspecified atom stereocenters. The smallest absolute Gasteiger partial charge is 0.411 e. The predicted octanol–water partition coefficient (Wildman–Crippen LogP) is 3.29. The monoisotopic (exact) mass is 431 g/mol. The topological polar surface area (TPSA) is 105 Å². The molecule has 1 fully saturated rings. The number of carbonyl (C=O) groups is 2. The number of rotatable bonds is 6. The van der Waals surface area contributed by atoms with Crippen LogP contribution in [0, 0.1) is 5.92 Å². The largest absolute Gasteiger partial charge is 0.450 e. The first-order valence-electron chi connectivity index (χ1n) is 9.80. The number of benzene rings is 2. The van der Waals surface area contributed by atoms with Crippen molar-refractivity contribution in [3.63, 3.8) is 0 Å². The summed E-state index contributed by atoms with van der Waals surface area (Å²) < 4.78 is 31.6. The van der Waals surface area contributed by atoms with Gasteiger partial charge in [0.05, 0.1) is 11.5 Å². The normalized spacial score (nSPS) is 15.4. The summed E-state index contributed by atoms with van der Waals surface area (Å²) >= 11 is 0. The fourth-order valence-corrected chi connectivity index (χ4v) is 4.76. The molecule has 0 atom stereocenters. The summed E-state index contributed by atoms with van der Waals surface area (Å²) in [7, 11) is -3.53. The lowest BCUT2D eigenvalue weighted by Gasteiger charge is -2.30. The molecule has 0 aliphatic carbocycles. The molecule has 0 radical (unpaired) electrons. The van der Waals surface area contributed by atoms with Crippen molar-refractivity contribution in [1.82, 2.24) is 4.31 Å². The predicted molar refractivity (Wildman–Crippen MR) is 114 cm³/mol. The quantitative estimate of drug-likeness (QED) is 0.730. The Labute approximate surface area is 176 Å².